The third kappa shape index (κ3) is 6.22. The van der Waals surface area contributed by atoms with E-state index in [4.69, 9.17) is 5.73 Å². The molecule has 0 aliphatic carbocycles. The van der Waals surface area contributed by atoms with Crippen LogP contribution in [0.1, 0.15) is 42.4 Å². The number of nitrogens with two attached hydrogens (primary N) is 1. The molecular formula is C27H32N2OS. The van der Waals surface area contributed by atoms with Crippen LogP contribution in [-0.4, -0.2) is 24.7 Å². The second-order valence-corrected chi connectivity index (χ2v) is 8.89. The molecule has 3 rings (SSSR count). The highest BCUT2D eigenvalue weighted by molar-refractivity contribution is 8.00. The van der Waals surface area contributed by atoms with Crippen molar-refractivity contribution in [2.45, 2.75) is 30.4 Å². The van der Waals surface area contributed by atoms with E-state index >= 15 is 0 Å². The monoisotopic (exact) mass is 432 g/mol. The first-order chi connectivity index (χ1) is 15.3. The molecule has 0 unspecified atom stereocenters. The maximum atomic E-state index is 11.8. The van der Waals surface area contributed by atoms with Crippen molar-refractivity contribution in [1.82, 2.24) is 5.32 Å². The predicted octanol–water partition coefficient (Wildman–Crippen LogP) is 5.35. The second kappa shape index (κ2) is 12.3. The molecule has 3 aromatic carbocycles. The van der Waals surface area contributed by atoms with Crippen LogP contribution in [0, 0.1) is 0 Å². The maximum absolute atomic E-state index is 11.8. The summed E-state index contributed by atoms with van der Waals surface area (Å²) in [4.78, 5) is 11.8. The minimum absolute atomic E-state index is 0.102. The Morgan fingerprint density at radius 3 is 1.68 bits per heavy atom. The molecule has 0 aliphatic heterocycles. The summed E-state index contributed by atoms with van der Waals surface area (Å²) < 4.78 is -0.262. The van der Waals surface area contributed by atoms with Gasteiger partial charge in [-0.1, -0.05) is 97.4 Å². The van der Waals surface area contributed by atoms with Gasteiger partial charge in [0.1, 0.15) is 0 Å². The van der Waals surface area contributed by atoms with Gasteiger partial charge >= 0.3 is 0 Å². The van der Waals surface area contributed by atoms with Gasteiger partial charge in [0.2, 0.25) is 5.91 Å². The zero-order valence-corrected chi connectivity index (χ0v) is 18.8. The summed E-state index contributed by atoms with van der Waals surface area (Å²) in [6.07, 6.45) is 3.60. The van der Waals surface area contributed by atoms with Gasteiger partial charge in [-0.25, -0.2) is 0 Å². The van der Waals surface area contributed by atoms with E-state index < -0.39 is 0 Å². The molecule has 0 saturated carbocycles. The largest absolute Gasteiger partial charge is 0.355 e. The average molecular weight is 433 g/mol. The van der Waals surface area contributed by atoms with E-state index in [1.807, 2.05) is 11.8 Å². The lowest BCUT2D eigenvalue weighted by molar-refractivity contribution is -0.121. The van der Waals surface area contributed by atoms with Crippen LogP contribution in [0.3, 0.4) is 0 Å². The maximum Gasteiger partial charge on any atom is 0.220 e. The summed E-state index contributed by atoms with van der Waals surface area (Å²) in [6, 6.07) is 32.3. The third-order valence-corrected chi connectivity index (χ3v) is 7.01. The summed E-state index contributed by atoms with van der Waals surface area (Å²) in [6.45, 7) is 1.05. The predicted molar refractivity (Wildman–Crippen MR) is 132 cm³/mol. The number of hydrogen-bond donors (Lipinski definition) is 2. The number of carbonyl (C=O) groups excluding carboxylic acids is 1. The van der Waals surface area contributed by atoms with Crippen LogP contribution in [0.25, 0.3) is 0 Å². The zero-order chi connectivity index (χ0) is 21.8. The smallest absolute Gasteiger partial charge is 0.220 e. The van der Waals surface area contributed by atoms with Crippen LogP contribution >= 0.6 is 11.8 Å². The van der Waals surface area contributed by atoms with E-state index in [-0.39, 0.29) is 10.7 Å². The van der Waals surface area contributed by atoms with Gasteiger partial charge in [-0.15, -0.1) is 11.8 Å². The summed E-state index contributed by atoms with van der Waals surface area (Å²) in [5.41, 5.74) is 9.31. The molecule has 4 heteroatoms. The zero-order valence-electron chi connectivity index (χ0n) is 18.0. The quantitative estimate of drug-likeness (QED) is 0.300. The highest BCUT2D eigenvalue weighted by atomic mass is 32.2. The number of amides is 1. The van der Waals surface area contributed by atoms with E-state index in [2.05, 4.69) is 96.3 Å². The first-order valence-electron chi connectivity index (χ1n) is 11.0. The number of unbranched alkanes of at least 4 members (excludes halogenated alkanes) is 2. The van der Waals surface area contributed by atoms with Gasteiger partial charge in [-0.05, 0) is 35.3 Å². The van der Waals surface area contributed by atoms with Crippen LogP contribution in [0.2, 0.25) is 0 Å². The number of carbonyl (C=O) groups is 1. The normalized spacial score (nSPS) is 11.3. The fourth-order valence-electron chi connectivity index (χ4n) is 3.86. The highest BCUT2D eigenvalue weighted by Crippen LogP contribution is 2.48. The first kappa shape index (κ1) is 23.1. The molecule has 0 aliphatic rings. The van der Waals surface area contributed by atoms with Crippen molar-refractivity contribution in [1.29, 1.82) is 0 Å². The molecule has 31 heavy (non-hydrogen) atoms. The number of benzene rings is 3. The van der Waals surface area contributed by atoms with Gasteiger partial charge in [-0.3, -0.25) is 4.79 Å². The molecule has 0 bridgehead atoms. The van der Waals surface area contributed by atoms with Crippen molar-refractivity contribution in [2.75, 3.05) is 18.8 Å². The molecule has 0 atom stereocenters. The van der Waals surface area contributed by atoms with E-state index in [9.17, 15) is 4.79 Å². The fraction of sp³-hybridized carbons (Fsp3) is 0.296. The van der Waals surface area contributed by atoms with E-state index in [0.29, 0.717) is 19.5 Å². The molecule has 3 aromatic rings. The lowest BCUT2D eigenvalue weighted by Gasteiger charge is -2.35. The van der Waals surface area contributed by atoms with E-state index in [1.54, 1.807) is 0 Å². The van der Waals surface area contributed by atoms with Crippen molar-refractivity contribution >= 4 is 17.7 Å². The van der Waals surface area contributed by atoms with Crippen LogP contribution in [0.15, 0.2) is 91.0 Å². The highest BCUT2D eigenvalue weighted by Gasteiger charge is 2.36. The molecular weight excluding hydrogens is 400 g/mol. The van der Waals surface area contributed by atoms with Gasteiger partial charge in [-0.2, -0.15) is 0 Å². The minimum atomic E-state index is -0.262. The Balaban J connectivity index is 1.76. The molecule has 0 radical (unpaired) electrons. The molecule has 1 amide bonds. The Kier molecular flexibility index (Phi) is 9.19. The van der Waals surface area contributed by atoms with Crippen molar-refractivity contribution in [3.63, 3.8) is 0 Å². The average Bonchev–Trinajstić information content (AvgIpc) is 2.84. The molecule has 0 fully saturated rings. The van der Waals surface area contributed by atoms with Gasteiger partial charge in [0, 0.05) is 19.5 Å². The minimum Gasteiger partial charge on any atom is -0.355 e. The van der Waals surface area contributed by atoms with Crippen LogP contribution in [0.5, 0.6) is 0 Å². The summed E-state index contributed by atoms with van der Waals surface area (Å²) in [7, 11) is 0. The Hall–Kier alpha value is -2.56. The molecule has 0 saturated heterocycles. The van der Waals surface area contributed by atoms with Crippen molar-refractivity contribution < 1.29 is 4.79 Å². The van der Waals surface area contributed by atoms with E-state index in [0.717, 1.165) is 25.0 Å². The lowest BCUT2D eigenvalue weighted by Crippen LogP contribution is -2.28. The van der Waals surface area contributed by atoms with Crippen LogP contribution < -0.4 is 11.1 Å². The van der Waals surface area contributed by atoms with Crippen LogP contribution in [-0.2, 0) is 9.54 Å². The standard InChI is InChI=1S/C27H32N2OS/c28-20-21-29-26(30)19-11-4-12-22-31-27(23-13-5-1-6-14-23,24-15-7-2-8-16-24)25-17-9-3-10-18-25/h1-3,5-10,13-18H,4,11-12,19-22,28H2,(H,29,30). The third-order valence-electron chi connectivity index (χ3n) is 5.37. The van der Waals surface area contributed by atoms with Gasteiger partial charge < -0.3 is 11.1 Å². The molecule has 3 N–H and O–H groups in total. The molecule has 162 valence electrons. The van der Waals surface area contributed by atoms with Gasteiger partial charge in [0.15, 0.2) is 0 Å². The number of nitrogens with one attached hydrogen (secondary N) is 1. The lowest BCUT2D eigenvalue weighted by atomic mass is 9.84. The Morgan fingerprint density at radius 1 is 0.742 bits per heavy atom. The SMILES string of the molecule is NCCNC(=O)CCCCCSC(c1ccccc1)(c1ccccc1)c1ccccc1. The number of rotatable bonds is 12. The van der Waals surface area contributed by atoms with Gasteiger partial charge in [0.05, 0.1) is 4.75 Å². The fourth-order valence-corrected chi connectivity index (χ4v) is 5.42. The molecule has 0 aromatic heterocycles. The summed E-state index contributed by atoms with van der Waals surface area (Å²) in [5, 5.41) is 2.84. The Morgan fingerprint density at radius 2 is 1.23 bits per heavy atom. The van der Waals surface area contributed by atoms with Crippen LogP contribution in [0.4, 0.5) is 0 Å². The summed E-state index contributed by atoms with van der Waals surface area (Å²) in [5.74, 6) is 1.12. The number of thioether (sulfide) groups is 1. The Labute approximate surface area is 190 Å². The molecule has 0 heterocycles. The second-order valence-electron chi connectivity index (χ2n) is 7.58. The van der Waals surface area contributed by atoms with E-state index in [1.165, 1.54) is 16.7 Å². The topological polar surface area (TPSA) is 55.1 Å². The van der Waals surface area contributed by atoms with Crippen molar-refractivity contribution in [3.8, 4) is 0 Å². The first-order valence-corrected chi connectivity index (χ1v) is 12.0. The Bertz CT molecular complexity index is 804. The summed E-state index contributed by atoms with van der Waals surface area (Å²) >= 11 is 1.98. The van der Waals surface area contributed by atoms with Gasteiger partial charge in [0.25, 0.3) is 0 Å². The van der Waals surface area contributed by atoms with Crippen molar-refractivity contribution in [3.05, 3.63) is 108 Å². The number of hydrogen-bond acceptors (Lipinski definition) is 3. The van der Waals surface area contributed by atoms with Crippen molar-refractivity contribution in [2.24, 2.45) is 5.73 Å². The molecule has 0 spiro atoms. The molecule has 3 nitrogen and oxygen atoms in total.